The Bertz CT molecular complexity index is 665. The van der Waals surface area contributed by atoms with Gasteiger partial charge in [0.05, 0.1) is 4.90 Å². The van der Waals surface area contributed by atoms with Crippen LogP contribution in [0, 0.1) is 0 Å². The summed E-state index contributed by atoms with van der Waals surface area (Å²) in [6, 6.07) is 12.9. The fraction of sp³-hybridized carbons (Fsp3) is 0.333. The maximum atomic E-state index is 12.4. The van der Waals surface area contributed by atoms with Crippen molar-refractivity contribution in [1.82, 2.24) is 4.72 Å². The van der Waals surface area contributed by atoms with Gasteiger partial charge in [-0.05, 0) is 24.3 Å². The minimum Gasteiger partial charge on any atom is -0.211 e. The average Bonchev–Trinajstić information content (AvgIpc) is 2.46. The molecule has 3 nitrogen and oxygen atoms in total. The van der Waals surface area contributed by atoms with Crippen molar-refractivity contribution >= 4 is 36.7 Å². The number of fused-ring (bicyclic) bond motifs is 1. The summed E-state index contributed by atoms with van der Waals surface area (Å²) in [5.41, 5.74) is 0. The molecule has 20 heavy (non-hydrogen) atoms. The molecule has 5 heteroatoms. The number of hydrogen-bond donors (Lipinski definition) is 1. The van der Waals surface area contributed by atoms with Crippen LogP contribution in [-0.2, 0) is 10.0 Å². The molecule has 0 amide bonds. The van der Waals surface area contributed by atoms with Gasteiger partial charge in [-0.3, -0.25) is 0 Å². The molecule has 2 rings (SSSR count). The molecule has 0 bridgehead atoms. The minimum atomic E-state index is -3.44. The topological polar surface area (TPSA) is 46.2 Å². The van der Waals surface area contributed by atoms with Gasteiger partial charge >= 0.3 is 0 Å². The zero-order valence-electron chi connectivity index (χ0n) is 11.2. The normalized spacial score (nSPS) is 11.8. The molecule has 1 N–H and O–H groups in total. The Hall–Kier alpha value is -0.910. The molecule has 0 radical (unpaired) electrons. The monoisotopic (exact) mass is 355 g/mol. The van der Waals surface area contributed by atoms with E-state index in [9.17, 15) is 8.42 Å². The summed E-state index contributed by atoms with van der Waals surface area (Å²) in [6.07, 6.45) is 2.94. The van der Waals surface area contributed by atoms with Gasteiger partial charge < -0.3 is 0 Å². The van der Waals surface area contributed by atoms with Crippen LogP contribution in [0.2, 0.25) is 0 Å². The van der Waals surface area contributed by atoms with Gasteiger partial charge in [0.25, 0.3) is 0 Å². The van der Waals surface area contributed by atoms with Gasteiger partial charge in [-0.25, -0.2) is 13.1 Å². The first-order chi connectivity index (χ1) is 9.65. The van der Waals surface area contributed by atoms with Gasteiger partial charge in [0.15, 0.2) is 0 Å². The first-order valence-electron chi connectivity index (χ1n) is 6.68. The fourth-order valence-electron chi connectivity index (χ4n) is 2.11. The summed E-state index contributed by atoms with van der Waals surface area (Å²) in [4.78, 5) is 0.357. The summed E-state index contributed by atoms with van der Waals surface area (Å²) in [6.45, 7) is 0.485. The van der Waals surface area contributed by atoms with Crippen molar-refractivity contribution in [1.29, 1.82) is 0 Å². The molecule has 0 aliphatic heterocycles. The molecular formula is C15H18BrNO2S. The van der Waals surface area contributed by atoms with Crippen molar-refractivity contribution < 1.29 is 8.42 Å². The van der Waals surface area contributed by atoms with E-state index in [1.54, 1.807) is 12.1 Å². The van der Waals surface area contributed by atoms with E-state index in [-0.39, 0.29) is 0 Å². The molecular weight excluding hydrogens is 338 g/mol. The van der Waals surface area contributed by atoms with Crippen LogP contribution in [0.5, 0.6) is 0 Å². The molecule has 0 saturated heterocycles. The Morgan fingerprint density at radius 3 is 2.50 bits per heavy atom. The third kappa shape index (κ3) is 3.81. The minimum absolute atomic E-state index is 0.357. The second kappa shape index (κ2) is 7.20. The number of benzene rings is 2. The van der Waals surface area contributed by atoms with E-state index >= 15 is 0 Å². The van der Waals surface area contributed by atoms with Crippen LogP contribution in [0.3, 0.4) is 0 Å². The number of rotatable bonds is 7. The van der Waals surface area contributed by atoms with Gasteiger partial charge in [-0.15, -0.1) is 0 Å². The highest BCUT2D eigenvalue weighted by atomic mass is 79.9. The Kier molecular flexibility index (Phi) is 5.57. The Balaban J connectivity index is 2.15. The fourth-order valence-corrected chi connectivity index (χ4v) is 3.81. The van der Waals surface area contributed by atoms with Gasteiger partial charge in [-0.2, -0.15) is 0 Å². The third-order valence-corrected chi connectivity index (χ3v) is 5.22. The van der Waals surface area contributed by atoms with E-state index < -0.39 is 10.0 Å². The van der Waals surface area contributed by atoms with E-state index in [4.69, 9.17) is 0 Å². The molecule has 0 spiro atoms. The summed E-state index contributed by atoms with van der Waals surface area (Å²) in [5, 5.41) is 2.67. The predicted octanol–water partition coefficient (Wildman–Crippen LogP) is 3.68. The number of unbranched alkanes of at least 4 members (excludes halogenated alkanes) is 2. The summed E-state index contributed by atoms with van der Waals surface area (Å²) in [7, 11) is -3.44. The lowest BCUT2D eigenvalue weighted by atomic mass is 10.1. The average molecular weight is 356 g/mol. The van der Waals surface area contributed by atoms with Crippen molar-refractivity contribution in [3.8, 4) is 0 Å². The van der Waals surface area contributed by atoms with Gasteiger partial charge in [-0.1, -0.05) is 58.7 Å². The van der Waals surface area contributed by atoms with E-state index in [2.05, 4.69) is 20.7 Å². The zero-order chi connectivity index (χ0) is 14.4. The molecule has 0 saturated carbocycles. The zero-order valence-corrected chi connectivity index (χ0v) is 13.6. The van der Waals surface area contributed by atoms with Crippen LogP contribution in [0.15, 0.2) is 47.4 Å². The largest absolute Gasteiger partial charge is 0.241 e. The molecule has 0 unspecified atom stereocenters. The number of alkyl halides is 1. The number of nitrogens with one attached hydrogen (secondary N) is 1. The predicted molar refractivity (Wildman–Crippen MR) is 86.8 cm³/mol. The summed E-state index contributed by atoms with van der Waals surface area (Å²) >= 11 is 3.37. The van der Waals surface area contributed by atoms with Crippen molar-refractivity contribution in [3.63, 3.8) is 0 Å². The maximum Gasteiger partial charge on any atom is 0.241 e. The van der Waals surface area contributed by atoms with Crippen LogP contribution in [-0.4, -0.2) is 20.3 Å². The van der Waals surface area contributed by atoms with E-state index in [0.29, 0.717) is 11.4 Å². The summed E-state index contributed by atoms with van der Waals surface area (Å²) < 4.78 is 27.4. The van der Waals surface area contributed by atoms with Crippen molar-refractivity contribution in [3.05, 3.63) is 42.5 Å². The lowest BCUT2D eigenvalue weighted by Gasteiger charge is -2.09. The third-order valence-electron chi connectivity index (χ3n) is 3.14. The Labute approximate surface area is 128 Å². The molecule has 0 aliphatic carbocycles. The molecule has 0 atom stereocenters. The molecule has 0 heterocycles. The smallest absolute Gasteiger partial charge is 0.211 e. The van der Waals surface area contributed by atoms with Crippen LogP contribution >= 0.6 is 15.9 Å². The Morgan fingerprint density at radius 1 is 0.950 bits per heavy atom. The molecule has 0 aliphatic rings. The van der Waals surface area contributed by atoms with E-state index in [0.717, 1.165) is 35.4 Å². The lowest BCUT2D eigenvalue weighted by molar-refractivity contribution is 0.577. The highest BCUT2D eigenvalue weighted by molar-refractivity contribution is 9.09. The van der Waals surface area contributed by atoms with E-state index in [1.807, 2.05) is 30.3 Å². The molecule has 0 fully saturated rings. The molecule has 108 valence electrons. The highest BCUT2D eigenvalue weighted by Gasteiger charge is 2.15. The second-order valence-electron chi connectivity index (χ2n) is 4.62. The molecule has 0 aromatic heterocycles. The summed E-state index contributed by atoms with van der Waals surface area (Å²) in [5.74, 6) is 0. The van der Waals surface area contributed by atoms with Crippen LogP contribution in [0.25, 0.3) is 10.8 Å². The number of hydrogen-bond acceptors (Lipinski definition) is 2. The quantitative estimate of drug-likeness (QED) is 0.608. The van der Waals surface area contributed by atoms with E-state index in [1.165, 1.54) is 0 Å². The van der Waals surface area contributed by atoms with Crippen molar-refractivity contribution in [2.24, 2.45) is 0 Å². The maximum absolute atomic E-state index is 12.4. The van der Waals surface area contributed by atoms with Crippen molar-refractivity contribution in [2.45, 2.75) is 24.2 Å². The van der Waals surface area contributed by atoms with Gasteiger partial charge in [0.2, 0.25) is 10.0 Å². The SMILES string of the molecule is O=S(=O)(NCCCCCBr)c1cccc2ccccc12. The first kappa shape index (κ1) is 15.5. The molecule has 2 aromatic carbocycles. The van der Waals surface area contributed by atoms with Crippen LogP contribution < -0.4 is 4.72 Å². The standard InChI is InChI=1S/C15H18BrNO2S/c16-11-4-1-5-12-17-20(18,19)15-10-6-8-13-7-2-3-9-14(13)15/h2-3,6-10,17H,1,4-5,11-12H2. The van der Waals surface area contributed by atoms with Crippen LogP contribution in [0.1, 0.15) is 19.3 Å². The lowest BCUT2D eigenvalue weighted by Crippen LogP contribution is -2.25. The van der Waals surface area contributed by atoms with Gasteiger partial charge in [0, 0.05) is 17.3 Å². The van der Waals surface area contributed by atoms with Gasteiger partial charge in [0.1, 0.15) is 0 Å². The second-order valence-corrected chi connectivity index (χ2v) is 7.15. The number of sulfonamides is 1. The van der Waals surface area contributed by atoms with Crippen LogP contribution in [0.4, 0.5) is 0 Å². The highest BCUT2D eigenvalue weighted by Crippen LogP contribution is 2.22. The first-order valence-corrected chi connectivity index (χ1v) is 9.29. The molecule has 2 aromatic rings. The Morgan fingerprint density at radius 2 is 1.70 bits per heavy atom. The number of halogens is 1. The van der Waals surface area contributed by atoms with Crippen molar-refractivity contribution in [2.75, 3.05) is 11.9 Å².